The van der Waals surface area contributed by atoms with Gasteiger partial charge in [0.1, 0.15) is 5.75 Å². The third kappa shape index (κ3) is 4.27. The molecule has 0 radical (unpaired) electrons. The standard InChI is InChI=1S/C21H22N2O5S/c24-20(22-17-7-3-5-14-4-1-2-6-16(14)17)10-11-29(26,27)15-8-9-18-19(12-15)28-13-21(25)23-18/h1-2,4,6,8-9,12,17H,3,5,7,10-11,13H2,(H,22,24)(H,23,25). The van der Waals surface area contributed by atoms with E-state index in [0.717, 1.165) is 24.8 Å². The van der Waals surface area contributed by atoms with Gasteiger partial charge >= 0.3 is 0 Å². The van der Waals surface area contributed by atoms with Gasteiger partial charge in [0, 0.05) is 12.5 Å². The fraction of sp³-hybridized carbons (Fsp3) is 0.333. The Balaban J connectivity index is 1.40. The first-order valence-corrected chi connectivity index (χ1v) is 11.2. The molecule has 1 aliphatic heterocycles. The topological polar surface area (TPSA) is 102 Å². The second-order valence-electron chi connectivity index (χ2n) is 7.27. The number of carbonyl (C=O) groups is 2. The van der Waals surface area contributed by atoms with Crippen LogP contribution in [0.15, 0.2) is 47.4 Å². The van der Waals surface area contributed by atoms with E-state index < -0.39 is 9.84 Å². The van der Waals surface area contributed by atoms with Crippen LogP contribution in [0.4, 0.5) is 5.69 Å². The van der Waals surface area contributed by atoms with Crippen LogP contribution in [0.2, 0.25) is 0 Å². The number of nitrogens with one attached hydrogen (secondary N) is 2. The molecule has 4 rings (SSSR count). The van der Waals surface area contributed by atoms with Gasteiger partial charge in [-0.25, -0.2) is 8.42 Å². The molecule has 2 N–H and O–H groups in total. The molecule has 2 amide bonds. The Hall–Kier alpha value is -2.87. The zero-order chi connectivity index (χ0) is 20.4. The van der Waals surface area contributed by atoms with Crippen LogP contribution in [0.3, 0.4) is 0 Å². The quantitative estimate of drug-likeness (QED) is 0.782. The lowest BCUT2D eigenvalue weighted by atomic mass is 9.88. The molecule has 2 aromatic rings. The molecular formula is C21H22N2O5S. The molecule has 1 heterocycles. The fourth-order valence-corrected chi connectivity index (χ4v) is 5.02. The molecule has 0 bridgehead atoms. The van der Waals surface area contributed by atoms with E-state index >= 15 is 0 Å². The Morgan fingerprint density at radius 2 is 2.03 bits per heavy atom. The SMILES string of the molecule is O=C1COc2cc(S(=O)(=O)CCC(=O)NC3CCCc4ccccc43)ccc2N1. The summed E-state index contributed by atoms with van der Waals surface area (Å²) in [5, 5.41) is 5.60. The number of rotatable bonds is 5. The van der Waals surface area contributed by atoms with Crippen molar-refractivity contribution in [3.63, 3.8) is 0 Å². The van der Waals surface area contributed by atoms with E-state index in [4.69, 9.17) is 4.74 Å². The average molecular weight is 414 g/mol. The van der Waals surface area contributed by atoms with E-state index in [1.54, 1.807) is 0 Å². The van der Waals surface area contributed by atoms with E-state index in [9.17, 15) is 18.0 Å². The molecular weight excluding hydrogens is 392 g/mol. The highest BCUT2D eigenvalue weighted by Gasteiger charge is 2.24. The molecule has 152 valence electrons. The first-order valence-electron chi connectivity index (χ1n) is 9.59. The Bertz CT molecular complexity index is 1060. The monoisotopic (exact) mass is 414 g/mol. The Labute approximate surface area is 169 Å². The molecule has 0 fully saturated rings. The zero-order valence-corrected chi connectivity index (χ0v) is 16.6. The number of ether oxygens (including phenoxy) is 1. The number of aryl methyl sites for hydroxylation is 1. The first kappa shape index (κ1) is 19.4. The van der Waals surface area contributed by atoms with Crippen LogP contribution < -0.4 is 15.4 Å². The lowest BCUT2D eigenvalue weighted by molar-refractivity contribution is -0.121. The van der Waals surface area contributed by atoms with E-state index in [-0.39, 0.29) is 41.5 Å². The van der Waals surface area contributed by atoms with Crippen molar-refractivity contribution in [3.8, 4) is 5.75 Å². The minimum absolute atomic E-state index is 0.0724. The number of benzene rings is 2. The highest BCUT2D eigenvalue weighted by molar-refractivity contribution is 7.91. The lowest BCUT2D eigenvalue weighted by Crippen LogP contribution is -2.32. The third-order valence-electron chi connectivity index (χ3n) is 5.25. The molecule has 1 unspecified atom stereocenters. The molecule has 0 spiro atoms. The van der Waals surface area contributed by atoms with Crippen LogP contribution in [0.1, 0.15) is 36.4 Å². The summed E-state index contributed by atoms with van der Waals surface area (Å²) >= 11 is 0. The Morgan fingerprint density at radius 1 is 1.21 bits per heavy atom. The summed E-state index contributed by atoms with van der Waals surface area (Å²) in [4.78, 5) is 23.8. The van der Waals surface area contributed by atoms with Crippen molar-refractivity contribution in [1.29, 1.82) is 0 Å². The van der Waals surface area contributed by atoms with Crippen molar-refractivity contribution in [2.24, 2.45) is 0 Å². The third-order valence-corrected chi connectivity index (χ3v) is 6.96. The summed E-state index contributed by atoms with van der Waals surface area (Å²) < 4.78 is 30.6. The van der Waals surface area contributed by atoms with Gasteiger partial charge in [-0.05, 0) is 42.5 Å². The van der Waals surface area contributed by atoms with Gasteiger partial charge < -0.3 is 15.4 Å². The highest BCUT2D eigenvalue weighted by Crippen LogP contribution is 2.31. The minimum Gasteiger partial charge on any atom is -0.482 e. The van der Waals surface area contributed by atoms with Gasteiger partial charge in [-0.2, -0.15) is 0 Å². The maximum Gasteiger partial charge on any atom is 0.262 e. The van der Waals surface area contributed by atoms with Crippen molar-refractivity contribution in [2.45, 2.75) is 36.6 Å². The molecule has 8 heteroatoms. The Kier molecular flexibility index (Phi) is 5.27. The summed E-state index contributed by atoms with van der Waals surface area (Å²) in [7, 11) is -3.66. The largest absolute Gasteiger partial charge is 0.482 e. The molecule has 2 aromatic carbocycles. The summed E-state index contributed by atoms with van der Waals surface area (Å²) in [6, 6.07) is 12.3. The van der Waals surface area contributed by atoms with Crippen molar-refractivity contribution in [1.82, 2.24) is 5.32 Å². The van der Waals surface area contributed by atoms with Crippen LogP contribution in [-0.2, 0) is 25.8 Å². The van der Waals surface area contributed by atoms with Gasteiger partial charge in [0.05, 0.1) is 22.4 Å². The number of sulfone groups is 1. The van der Waals surface area contributed by atoms with Crippen LogP contribution in [0.25, 0.3) is 0 Å². The van der Waals surface area contributed by atoms with Crippen molar-refractivity contribution >= 4 is 27.3 Å². The van der Waals surface area contributed by atoms with Gasteiger partial charge in [0.2, 0.25) is 5.91 Å². The molecule has 1 aliphatic carbocycles. The number of fused-ring (bicyclic) bond motifs is 2. The first-order chi connectivity index (χ1) is 13.9. The van der Waals surface area contributed by atoms with Crippen molar-refractivity contribution in [2.75, 3.05) is 17.7 Å². The summed E-state index contributed by atoms with van der Waals surface area (Å²) in [6.45, 7) is -0.151. The van der Waals surface area contributed by atoms with E-state index in [0.29, 0.717) is 11.4 Å². The predicted molar refractivity (Wildman–Crippen MR) is 108 cm³/mol. The molecule has 0 saturated carbocycles. The predicted octanol–water partition coefficient (Wildman–Crippen LogP) is 2.38. The van der Waals surface area contributed by atoms with E-state index in [1.165, 1.54) is 23.8 Å². The molecule has 1 atom stereocenters. The van der Waals surface area contributed by atoms with E-state index in [2.05, 4.69) is 16.7 Å². The smallest absolute Gasteiger partial charge is 0.262 e. The van der Waals surface area contributed by atoms with Gasteiger partial charge in [-0.1, -0.05) is 24.3 Å². The van der Waals surface area contributed by atoms with E-state index in [1.807, 2.05) is 18.2 Å². The van der Waals surface area contributed by atoms with Crippen molar-refractivity contribution in [3.05, 3.63) is 53.6 Å². The van der Waals surface area contributed by atoms with Crippen LogP contribution in [0, 0.1) is 0 Å². The molecule has 2 aliphatic rings. The highest BCUT2D eigenvalue weighted by atomic mass is 32.2. The lowest BCUT2D eigenvalue weighted by Gasteiger charge is -2.26. The van der Waals surface area contributed by atoms with Gasteiger partial charge in [0.25, 0.3) is 5.91 Å². The fourth-order valence-electron chi connectivity index (χ4n) is 3.76. The second kappa shape index (κ2) is 7.87. The van der Waals surface area contributed by atoms with Crippen LogP contribution in [-0.4, -0.2) is 32.6 Å². The van der Waals surface area contributed by atoms with Gasteiger partial charge in [-0.3, -0.25) is 9.59 Å². The number of amides is 2. The molecule has 29 heavy (non-hydrogen) atoms. The normalized spacial score (nSPS) is 18.1. The van der Waals surface area contributed by atoms with Crippen LogP contribution in [0.5, 0.6) is 5.75 Å². The molecule has 0 aromatic heterocycles. The zero-order valence-electron chi connectivity index (χ0n) is 15.8. The van der Waals surface area contributed by atoms with Gasteiger partial charge in [-0.15, -0.1) is 0 Å². The number of carbonyl (C=O) groups excluding carboxylic acids is 2. The molecule has 7 nitrogen and oxygen atoms in total. The van der Waals surface area contributed by atoms with Gasteiger partial charge in [0.15, 0.2) is 16.4 Å². The number of hydrogen-bond acceptors (Lipinski definition) is 5. The minimum atomic E-state index is -3.66. The maximum atomic E-state index is 12.7. The summed E-state index contributed by atoms with van der Waals surface area (Å²) in [6.07, 6.45) is 2.72. The number of anilines is 1. The van der Waals surface area contributed by atoms with Crippen molar-refractivity contribution < 1.29 is 22.7 Å². The van der Waals surface area contributed by atoms with Crippen LogP contribution >= 0.6 is 0 Å². The number of hydrogen-bond donors (Lipinski definition) is 2. The Morgan fingerprint density at radius 3 is 2.90 bits per heavy atom. The summed E-state index contributed by atoms with van der Waals surface area (Å²) in [5.74, 6) is -0.544. The summed E-state index contributed by atoms with van der Waals surface area (Å²) in [5.41, 5.74) is 2.79. The second-order valence-corrected chi connectivity index (χ2v) is 9.38. The average Bonchev–Trinajstić information content (AvgIpc) is 2.72. The maximum absolute atomic E-state index is 12.7. The molecule has 0 saturated heterocycles.